The Morgan fingerprint density at radius 1 is 1.45 bits per heavy atom. The summed E-state index contributed by atoms with van der Waals surface area (Å²) in [4.78, 5) is 2.44. The van der Waals surface area contributed by atoms with Crippen molar-refractivity contribution >= 4 is 0 Å². The van der Waals surface area contributed by atoms with Crippen LogP contribution in [0.2, 0.25) is 0 Å². The zero-order valence-electron chi connectivity index (χ0n) is 13.3. The fourth-order valence-electron chi connectivity index (χ4n) is 3.08. The molecule has 1 unspecified atom stereocenters. The molecule has 5 nitrogen and oxygen atoms in total. The van der Waals surface area contributed by atoms with Gasteiger partial charge in [0.25, 0.3) is 0 Å². The van der Waals surface area contributed by atoms with Crippen molar-refractivity contribution in [1.82, 2.24) is 20.4 Å². The number of benzene rings is 1. The van der Waals surface area contributed by atoms with Crippen molar-refractivity contribution in [1.29, 1.82) is 0 Å². The van der Waals surface area contributed by atoms with Crippen LogP contribution in [0.5, 0.6) is 5.75 Å². The highest BCUT2D eigenvalue weighted by Gasteiger charge is 2.20. The second-order valence-corrected chi connectivity index (χ2v) is 5.91. The maximum atomic E-state index is 5.30. The third-order valence-electron chi connectivity index (χ3n) is 4.44. The quantitative estimate of drug-likeness (QED) is 0.859. The van der Waals surface area contributed by atoms with Gasteiger partial charge in [-0.05, 0) is 38.6 Å². The number of aromatic nitrogens is 2. The predicted molar refractivity (Wildman–Crippen MR) is 87.9 cm³/mol. The largest absolute Gasteiger partial charge is 0.497 e. The van der Waals surface area contributed by atoms with E-state index in [1.165, 1.54) is 24.9 Å². The van der Waals surface area contributed by atoms with Crippen LogP contribution in [0.4, 0.5) is 0 Å². The molecule has 0 saturated carbocycles. The number of likely N-dealkylation sites (tertiary alicyclic amines) is 1. The van der Waals surface area contributed by atoms with E-state index in [-0.39, 0.29) is 0 Å². The summed E-state index contributed by atoms with van der Waals surface area (Å²) < 4.78 is 5.30. The topological polar surface area (TPSA) is 53.2 Å². The summed E-state index contributed by atoms with van der Waals surface area (Å²) in [6.45, 7) is 3.07. The van der Waals surface area contributed by atoms with Gasteiger partial charge < -0.3 is 15.0 Å². The van der Waals surface area contributed by atoms with Crippen LogP contribution in [-0.2, 0) is 6.54 Å². The monoisotopic (exact) mass is 300 g/mol. The van der Waals surface area contributed by atoms with Crippen LogP contribution in [0.1, 0.15) is 18.4 Å². The highest BCUT2D eigenvalue weighted by molar-refractivity contribution is 5.64. The van der Waals surface area contributed by atoms with Gasteiger partial charge in [0, 0.05) is 30.3 Å². The summed E-state index contributed by atoms with van der Waals surface area (Å²) in [7, 11) is 3.89. The second kappa shape index (κ2) is 6.94. The summed E-state index contributed by atoms with van der Waals surface area (Å²) in [5, 5.41) is 10.9. The number of hydrogen-bond donors (Lipinski definition) is 2. The minimum atomic E-state index is 0.659. The van der Waals surface area contributed by atoms with Gasteiger partial charge in [0.05, 0.1) is 19.0 Å². The van der Waals surface area contributed by atoms with Gasteiger partial charge in [0.1, 0.15) is 5.75 Å². The first-order valence-electron chi connectivity index (χ1n) is 7.85. The molecule has 2 heterocycles. The first-order valence-corrected chi connectivity index (χ1v) is 7.85. The number of aromatic amines is 1. The first-order chi connectivity index (χ1) is 10.8. The van der Waals surface area contributed by atoms with E-state index in [1.807, 2.05) is 24.4 Å². The third kappa shape index (κ3) is 3.31. The Hall–Kier alpha value is -1.85. The van der Waals surface area contributed by atoms with E-state index < -0.39 is 0 Å². The molecule has 0 radical (unpaired) electrons. The van der Waals surface area contributed by atoms with Gasteiger partial charge in [-0.3, -0.25) is 5.10 Å². The fraction of sp³-hybridized carbons (Fsp3) is 0.471. The lowest BCUT2D eigenvalue weighted by Gasteiger charge is -2.19. The molecule has 5 heteroatoms. The average molecular weight is 300 g/mol. The molecule has 1 aliphatic rings. The molecule has 0 spiro atoms. The van der Waals surface area contributed by atoms with E-state index in [2.05, 4.69) is 33.5 Å². The van der Waals surface area contributed by atoms with Gasteiger partial charge in [-0.25, -0.2) is 0 Å². The summed E-state index contributed by atoms with van der Waals surface area (Å²) in [6, 6.07) is 8.71. The third-order valence-corrected chi connectivity index (χ3v) is 4.44. The van der Waals surface area contributed by atoms with Gasteiger partial charge in [0.2, 0.25) is 0 Å². The maximum absolute atomic E-state index is 5.30. The fourth-order valence-corrected chi connectivity index (χ4v) is 3.08. The zero-order valence-corrected chi connectivity index (χ0v) is 13.3. The first kappa shape index (κ1) is 15.1. The van der Waals surface area contributed by atoms with Gasteiger partial charge in [-0.2, -0.15) is 5.10 Å². The Morgan fingerprint density at radius 3 is 3.14 bits per heavy atom. The summed E-state index contributed by atoms with van der Waals surface area (Å²) >= 11 is 0. The van der Waals surface area contributed by atoms with Crippen LogP contribution in [-0.4, -0.2) is 48.4 Å². The molecular weight excluding hydrogens is 276 g/mol. The van der Waals surface area contributed by atoms with Crippen molar-refractivity contribution in [3.8, 4) is 17.0 Å². The van der Waals surface area contributed by atoms with E-state index in [9.17, 15) is 0 Å². The number of methoxy groups -OCH3 is 1. The number of H-pyrrole nitrogens is 1. The van der Waals surface area contributed by atoms with Crippen molar-refractivity contribution in [3.05, 3.63) is 36.0 Å². The lowest BCUT2D eigenvalue weighted by atomic mass is 10.1. The molecular formula is C17H24N4O. The molecule has 1 aromatic carbocycles. The molecule has 0 aliphatic carbocycles. The molecule has 1 aliphatic heterocycles. The number of ether oxygens (including phenoxy) is 1. The molecule has 1 fully saturated rings. The van der Waals surface area contributed by atoms with Gasteiger partial charge in [-0.1, -0.05) is 12.1 Å². The SMILES string of the molecule is COc1cccc(-c2[nH]ncc2CNCC2CCCN2C)c1. The summed E-state index contributed by atoms with van der Waals surface area (Å²) in [5.41, 5.74) is 3.35. The van der Waals surface area contributed by atoms with Crippen molar-refractivity contribution in [2.24, 2.45) is 0 Å². The zero-order chi connectivity index (χ0) is 15.4. The van der Waals surface area contributed by atoms with Crippen LogP contribution < -0.4 is 10.1 Å². The van der Waals surface area contributed by atoms with E-state index in [0.29, 0.717) is 6.04 Å². The Labute approximate surface area is 131 Å². The van der Waals surface area contributed by atoms with Crippen LogP contribution in [0.3, 0.4) is 0 Å². The Kier molecular flexibility index (Phi) is 4.75. The second-order valence-electron chi connectivity index (χ2n) is 5.91. The number of likely N-dealkylation sites (N-methyl/N-ethyl adjacent to an activating group) is 1. The normalized spacial score (nSPS) is 18.7. The molecule has 3 rings (SSSR count). The highest BCUT2D eigenvalue weighted by Crippen LogP contribution is 2.25. The maximum Gasteiger partial charge on any atom is 0.119 e. The average Bonchev–Trinajstić information content (AvgIpc) is 3.17. The number of nitrogens with zero attached hydrogens (tertiary/aromatic N) is 2. The minimum Gasteiger partial charge on any atom is -0.497 e. The Balaban J connectivity index is 1.64. The van der Waals surface area contributed by atoms with Crippen LogP contribution >= 0.6 is 0 Å². The summed E-state index contributed by atoms with van der Waals surface area (Å²) in [5.74, 6) is 0.860. The van der Waals surface area contributed by atoms with Crippen molar-refractivity contribution < 1.29 is 4.74 Å². The van der Waals surface area contributed by atoms with E-state index in [1.54, 1.807) is 7.11 Å². The van der Waals surface area contributed by atoms with E-state index in [4.69, 9.17) is 4.74 Å². The Morgan fingerprint density at radius 2 is 2.36 bits per heavy atom. The molecule has 22 heavy (non-hydrogen) atoms. The number of hydrogen-bond acceptors (Lipinski definition) is 4. The molecule has 1 saturated heterocycles. The van der Waals surface area contributed by atoms with Crippen molar-refractivity contribution in [2.75, 3.05) is 27.2 Å². The van der Waals surface area contributed by atoms with Crippen LogP contribution in [0.25, 0.3) is 11.3 Å². The molecule has 0 amide bonds. The Bertz CT molecular complexity index is 610. The van der Waals surface area contributed by atoms with Crippen LogP contribution in [0.15, 0.2) is 30.5 Å². The molecule has 2 N–H and O–H groups in total. The minimum absolute atomic E-state index is 0.659. The van der Waals surface area contributed by atoms with Gasteiger partial charge in [-0.15, -0.1) is 0 Å². The number of rotatable bonds is 6. The molecule has 0 bridgehead atoms. The molecule has 118 valence electrons. The van der Waals surface area contributed by atoms with E-state index >= 15 is 0 Å². The lowest BCUT2D eigenvalue weighted by molar-refractivity contribution is 0.300. The lowest BCUT2D eigenvalue weighted by Crippen LogP contribution is -2.35. The molecule has 2 aromatic rings. The van der Waals surface area contributed by atoms with Crippen molar-refractivity contribution in [3.63, 3.8) is 0 Å². The smallest absolute Gasteiger partial charge is 0.119 e. The van der Waals surface area contributed by atoms with E-state index in [0.717, 1.165) is 30.1 Å². The predicted octanol–water partition coefficient (Wildman–Crippen LogP) is 2.27. The van der Waals surface area contributed by atoms with Gasteiger partial charge >= 0.3 is 0 Å². The van der Waals surface area contributed by atoms with Crippen molar-refractivity contribution in [2.45, 2.75) is 25.4 Å². The van der Waals surface area contributed by atoms with Crippen LogP contribution in [0, 0.1) is 0 Å². The standard InChI is InChI=1S/C17H24N4O/c1-21-8-4-6-15(21)12-18-10-14-11-19-20-17(14)13-5-3-7-16(9-13)22-2/h3,5,7,9,11,15,18H,4,6,8,10,12H2,1-2H3,(H,19,20). The van der Waals surface area contributed by atoms with Gasteiger partial charge in [0.15, 0.2) is 0 Å². The number of nitrogens with one attached hydrogen (secondary N) is 2. The molecule has 1 aromatic heterocycles. The molecule has 1 atom stereocenters. The highest BCUT2D eigenvalue weighted by atomic mass is 16.5. The summed E-state index contributed by atoms with van der Waals surface area (Å²) in [6.07, 6.45) is 4.50.